The van der Waals surface area contributed by atoms with Crippen molar-refractivity contribution in [1.29, 1.82) is 0 Å². The molecule has 0 aromatic heterocycles. The normalized spacial score (nSPS) is 31.8. The number of phenols is 1. The van der Waals surface area contributed by atoms with Crippen LogP contribution in [0.15, 0.2) is 29.3 Å². The molecule has 1 fully saturated rings. The van der Waals surface area contributed by atoms with Crippen molar-refractivity contribution in [2.75, 3.05) is 18.6 Å². The monoisotopic (exact) mass is 352 g/mol. The van der Waals surface area contributed by atoms with Crippen LogP contribution in [0.5, 0.6) is 5.75 Å². The van der Waals surface area contributed by atoms with E-state index in [4.69, 9.17) is 4.99 Å². The maximum Gasteiger partial charge on any atom is 0.324 e. The summed E-state index contributed by atoms with van der Waals surface area (Å²) in [4.78, 5) is 18.3. The number of aromatic hydroxyl groups is 1. The summed E-state index contributed by atoms with van der Waals surface area (Å²) in [6, 6.07) is 7.27. The first-order valence-electron chi connectivity index (χ1n) is 7.50. The minimum atomic E-state index is -0.843. The third-order valence-electron chi connectivity index (χ3n) is 4.56. The average Bonchev–Trinajstić information content (AvgIpc) is 2.85. The molecule has 1 aromatic carbocycles. The molecule has 0 amide bonds. The number of likely N-dealkylation sites (N-methyl/N-ethyl adjacent to an activating group) is 1. The molecule has 2 heterocycles. The summed E-state index contributed by atoms with van der Waals surface area (Å²) in [6.45, 7) is 1.77. The average molecular weight is 352 g/mol. The number of carbonyl (C=O) groups is 1. The number of carboxylic acids is 1. The molecule has 3 atom stereocenters. The van der Waals surface area contributed by atoms with Gasteiger partial charge in [-0.1, -0.05) is 12.1 Å². The first-order chi connectivity index (χ1) is 10.9. The second-order valence-corrected chi connectivity index (χ2v) is 8.24. The van der Waals surface area contributed by atoms with Crippen LogP contribution in [-0.4, -0.2) is 61.6 Å². The van der Waals surface area contributed by atoms with Gasteiger partial charge in [0.05, 0.1) is 11.4 Å². The molecule has 2 aliphatic heterocycles. The molecule has 2 aliphatic rings. The smallest absolute Gasteiger partial charge is 0.324 e. The lowest BCUT2D eigenvalue weighted by Crippen LogP contribution is -2.52. The number of thioether (sulfide) groups is 2. The molecule has 0 spiro atoms. The third kappa shape index (κ3) is 2.97. The van der Waals surface area contributed by atoms with Gasteiger partial charge in [0, 0.05) is 17.1 Å². The molecule has 0 radical (unpaired) electrons. The number of aliphatic imine (C=N–C) groups is 1. The maximum absolute atomic E-state index is 11.6. The highest BCUT2D eigenvalue weighted by atomic mass is 32.2. The number of phenolic OH excluding ortho intramolecular Hbond substituents is 1. The lowest BCUT2D eigenvalue weighted by molar-refractivity contribution is -0.147. The molecule has 1 unspecified atom stereocenters. The van der Waals surface area contributed by atoms with Gasteiger partial charge < -0.3 is 10.2 Å². The van der Waals surface area contributed by atoms with Crippen LogP contribution in [0.2, 0.25) is 0 Å². The highest BCUT2D eigenvalue weighted by Crippen LogP contribution is 2.41. The minimum Gasteiger partial charge on any atom is -0.507 e. The summed E-state index contributed by atoms with van der Waals surface area (Å²) in [5.74, 6) is 0.938. The van der Waals surface area contributed by atoms with Crippen molar-refractivity contribution in [2.45, 2.75) is 30.3 Å². The van der Waals surface area contributed by atoms with Crippen molar-refractivity contribution >= 4 is 34.5 Å². The zero-order valence-corrected chi connectivity index (χ0v) is 14.7. The van der Waals surface area contributed by atoms with Crippen LogP contribution in [0, 0.1) is 0 Å². The Balaban J connectivity index is 1.86. The molecule has 124 valence electrons. The number of carboxylic acid groups (broad SMARTS) is 1. The lowest BCUT2D eigenvalue weighted by Gasteiger charge is -2.34. The van der Waals surface area contributed by atoms with Gasteiger partial charge in [-0.25, -0.2) is 0 Å². The van der Waals surface area contributed by atoms with Crippen LogP contribution in [0.3, 0.4) is 0 Å². The molecule has 0 saturated carbocycles. The van der Waals surface area contributed by atoms with Crippen molar-refractivity contribution in [2.24, 2.45) is 4.99 Å². The van der Waals surface area contributed by atoms with Gasteiger partial charge in [-0.15, -0.1) is 23.5 Å². The largest absolute Gasteiger partial charge is 0.507 e. The Kier molecular flexibility index (Phi) is 4.62. The van der Waals surface area contributed by atoms with Gasteiger partial charge in [0.25, 0.3) is 0 Å². The van der Waals surface area contributed by atoms with E-state index >= 15 is 0 Å². The highest BCUT2D eigenvalue weighted by Gasteiger charge is 2.49. The van der Waals surface area contributed by atoms with Gasteiger partial charge in [-0.3, -0.25) is 14.7 Å². The standard InChI is InChI=1S/C16H20N2O3S2/c1-16(15(20)21)9-23-14(18(16)2)11-7-8-22-13(17-11)10-5-3-4-6-12(10)19/h3-6,11,14,19H,7-9H2,1-2H3,(H,20,21)/t11?,14-,16+/m0/s1. The Bertz CT molecular complexity index is 652. The molecular weight excluding hydrogens is 332 g/mol. The van der Waals surface area contributed by atoms with Crippen LogP contribution in [0.4, 0.5) is 0 Å². The van der Waals surface area contributed by atoms with E-state index in [1.807, 2.05) is 24.1 Å². The molecule has 1 saturated heterocycles. The number of benzene rings is 1. The van der Waals surface area contributed by atoms with Crippen LogP contribution in [0.1, 0.15) is 18.9 Å². The zero-order chi connectivity index (χ0) is 16.6. The number of hydrogen-bond donors (Lipinski definition) is 2. The predicted octanol–water partition coefficient (Wildman–Crippen LogP) is 2.49. The summed E-state index contributed by atoms with van der Waals surface area (Å²) in [7, 11) is 1.87. The number of aliphatic carboxylic acids is 1. The van der Waals surface area contributed by atoms with Crippen LogP contribution in [0.25, 0.3) is 0 Å². The van der Waals surface area contributed by atoms with Gasteiger partial charge in [0.1, 0.15) is 16.3 Å². The van der Waals surface area contributed by atoms with Crippen molar-refractivity contribution in [1.82, 2.24) is 4.90 Å². The Hall–Kier alpha value is -1.18. The van der Waals surface area contributed by atoms with Crippen LogP contribution < -0.4 is 0 Å². The van der Waals surface area contributed by atoms with E-state index < -0.39 is 11.5 Å². The van der Waals surface area contributed by atoms with E-state index in [9.17, 15) is 15.0 Å². The number of hydrogen-bond acceptors (Lipinski definition) is 6. The summed E-state index contributed by atoms with van der Waals surface area (Å²) in [5.41, 5.74) is -0.0846. The molecule has 7 heteroatoms. The van der Waals surface area contributed by atoms with Crippen molar-refractivity contribution in [3.63, 3.8) is 0 Å². The number of rotatable bonds is 3. The molecule has 0 bridgehead atoms. The molecule has 5 nitrogen and oxygen atoms in total. The summed E-state index contributed by atoms with van der Waals surface area (Å²) >= 11 is 3.31. The van der Waals surface area contributed by atoms with Gasteiger partial charge in [-0.05, 0) is 32.5 Å². The van der Waals surface area contributed by atoms with Gasteiger partial charge in [0.2, 0.25) is 0 Å². The van der Waals surface area contributed by atoms with E-state index in [0.717, 1.165) is 22.8 Å². The highest BCUT2D eigenvalue weighted by molar-refractivity contribution is 8.14. The Morgan fingerprint density at radius 2 is 2.17 bits per heavy atom. The Morgan fingerprint density at radius 1 is 1.43 bits per heavy atom. The summed E-state index contributed by atoms with van der Waals surface area (Å²) in [5, 5.41) is 20.4. The lowest BCUT2D eigenvalue weighted by atomic mass is 10.0. The van der Waals surface area contributed by atoms with Gasteiger partial charge >= 0.3 is 5.97 Å². The molecule has 1 aromatic rings. The van der Waals surface area contributed by atoms with Crippen molar-refractivity contribution in [3.05, 3.63) is 29.8 Å². The number of nitrogens with zero attached hydrogens (tertiary/aromatic N) is 2. The van der Waals surface area contributed by atoms with E-state index in [2.05, 4.69) is 0 Å². The van der Waals surface area contributed by atoms with Crippen LogP contribution >= 0.6 is 23.5 Å². The maximum atomic E-state index is 11.6. The summed E-state index contributed by atoms with van der Waals surface area (Å²) < 4.78 is 0. The fraction of sp³-hybridized carbons (Fsp3) is 0.500. The number of para-hydroxylation sites is 1. The predicted molar refractivity (Wildman–Crippen MR) is 95.6 cm³/mol. The third-order valence-corrected chi connectivity index (χ3v) is 7.29. The van der Waals surface area contributed by atoms with E-state index in [0.29, 0.717) is 5.75 Å². The first kappa shape index (κ1) is 16.7. The molecule has 23 heavy (non-hydrogen) atoms. The Morgan fingerprint density at radius 3 is 2.83 bits per heavy atom. The van der Waals surface area contributed by atoms with Crippen molar-refractivity contribution in [3.8, 4) is 5.75 Å². The van der Waals surface area contributed by atoms with E-state index in [-0.39, 0.29) is 17.2 Å². The van der Waals surface area contributed by atoms with Crippen LogP contribution in [-0.2, 0) is 4.79 Å². The minimum absolute atomic E-state index is 0.0435. The van der Waals surface area contributed by atoms with Gasteiger partial charge in [0.15, 0.2) is 0 Å². The SMILES string of the molecule is CN1[C@H](C2CCSC(c3ccccc3O)=N2)SC[C@]1(C)C(=O)O. The zero-order valence-electron chi connectivity index (χ0n) is 13.1. The fourth-order valence-electron chi connectivity index (χ4n) is 2.86. The molecular formula is C16H20N2O3S2. The van der Waals surface area contributed by atoms with Crippen molar-refractivity contribution < 1.29 is 15.0 Å². The molecule has 3 rings (SSSR count). The second-order valence-electron chi connectivity index (χ2n) is 6.05. The van der Waals surface area contributed by atoms with Gasteiger partial charge in [-0.2, -0.15) is 0 Å². The Labute approximate surface area is 144 Å². The molecule has 2 N–H and O–H groups in total. The molecule has 0 aliphatic carbocycles. The topological polar surface area (TPSA) is 73.1 Å². The fourth-order valence-corrected chi connectivity index (χ4v) is 5.65. The van der Waals surface area contributed by atoms with E-state index in [1.165, 1.54) is 0 Å². The quantitative estimate of drug-likeness (QED) is 0.871. The van der Waals surface area contributed by atoms with E-state index in [1.54, 1.807) is 42.6 Å². The summed E-state index contributed by atoms with van der Waals surface area (Å²) in [6.07, 6.45) is 0.916. The second kappa shape index (κ2) is 6.37. The first-order valence-corrected chi connectivity index (χ1v) is 9.54.